The number of hydrogen-bond donors (Lipinski definition) is 1. The second kappa shape index (κ2) is 5.16. The van der Waals surface area contributed by atoms with Crippen LogP contribution in [0.25, 0.3) is 0 Å². The average Bonchev–Trinajstić information content (AvgIpc) is 2.70. The molecule has 16 heavy (non-hydrogen) atoms. The minimum Gasteiger partial charge on any atom is -0.461 e. The van der Waals surface area contributed by atoms with Crippen molar-refractivity contribution >= 4 is 12.1 Å². The predicted molar refractivity (Wildman–Crippen MR) is 52.7 cm³/mol. The maximum Gasteiger partial charge on any atom is 0.508 e. The second-order valence-electron chi connectivity index (χ2n) is 3.97. The van der Waals surface area contributed by atoms with Gasteiger partial charge >= 0.3 is 12.1 Å². The zero-order valence-electron chi connectivity index (χ0n) is 9.39. The molecule has 0 aromatic rings. The normalized spacial score (nSPS) is 23.2. The maximum absolute atomic E-state index is 11.6. The highest BCUT2D eigenvalue weighted by atomic mass is 16.8. The summed E-state index contributed by atoms with van der Waals surface area (Å²) in [6.45, 7) is 3.18. The Bertz CT molecular complexity index is 270. The number of esters is 1. The molecular weight excluding hydrogens is 216 g/mol. The Kier molecular flexibility index (Phi) is 4.12. The zero-order chi connectivity index (χ0) is 12.2. The molecule has 6 heteroatoms. The summed E-state index contributed by atoms with van der Waals surface area (Å²) < 4.78 is 14.2. The quantitative estimate of drug-likeness (QED) is 0.694. The summed E-state index contributed by atoms with van der Waals surface area (Å²) in [6, 6.07) is 0. The molecule has 1 aliphatic rings. The first-order valence-electron chi connectivity index (χ1n) is 5.13. The zero-order valence-corrected chi connectivity index (χ0v) is 9.39. The Morgan fingerprint density at radius 1 is 1.69 bits per heavy atom. The molecule has 2 unspecified atom stereocenters. The molecule has 1 rings (SSSR count). The number of cyclic esters (lactones) is 2. The molecule has 0 radical (unpaired) electrons. The van der Waals surface area contributed by atoms with Gasteiger partial charge in [-0.2, -0.15) is 0 Å². The highest BCUT2D eigenvalue weighted by molar-refractivity contribution is 5.76. The third-order valence-corrected chi connectivity index (χ3v) is 2.67. The molecule has 1 heterocycles. The topological polar surface area (TPSA) is 82.1 Å². The van der Waals surface area contributed by atoms with Crippen molar-refractivity contribution < 1.29 is 28.9 Å². The molecule has 1 aliphatic heterocycles. The number of carbonyl (C=O) groups is 2. The molecule has 1 fully saturated rings. The van der Waals surface area contributed by atoms with Gasteiger partial charge < -0.3 is 19.3 Å². The molecule has 1 saturated heterocycles. The van der Waals surface area contributed by atoms with Crippen molar-refractivity contribution in [1.29, 1.82) is 0 Å². The smallest absolute Gasteiger partial charge is 0.461 e. The summed E-state index contributed by atoms with van der Waals surface area (Å²) in [5, 5.41) is 9.08. The Morgan fingerprint density at radius 3 is 2.81 bits per heavy atom. The van der Waals surface area contributed by atoms with E-state index >= 15 is 0 Å². The van der Waals surface area contributed by atoms with E-state index in [1.54, 1.807) is 13.8 Å². The average molecular weight is 232 g/mol. The molecule has 0 spiro atoms. The molecule has 1 N–H and O–H groups in total. The second-order valence-corrected chi connectivity index (χ2v) is 3.97. The summed E-state index contributed by atoms with van der Waals surface area (Å²) in [5.41, 5.74) is -0.899. The van der Waals surface area contributed by atoms with Crippen LogP contribution in [0.15, 0.2) is 0 Å². The molecule has 0 aromatic heterocycles. The van der Waals surface area contributed by atoms with Gasteiger partial charge in [-0.15, -0.1) is 0 Å². The predicted octanol–water partition coefficient (Wildman–Crippen LogP) is 0.474. The number of aliphatic hydroxyl groups excluding tert-OH is 1. The van der Waals surface area contributed by atoms with Gasteiger partial charge in [0.1, 0.15) is 13.2 Å². The van der Waals surface area contributed by atoms with Crippen molar-refractivity contribution in [3.63, 3.8) is 0 Å². The van der Waals surface area contributed by atoms with Crippen LogP contribution >= 0.6 is 0 Å². The first-order valence-corrected chi connectivity index (χ1v) is 5.13. The van der Waals surface area contributed by atoms with E-state index in [9.17, 15) is 9.59 Å². The highest BCUT2D eigenvalue weighted by Crippen LogP contribution is 2.22. The third-order valence-electron chi connectivity index (χ3n) is 2.67. The fraction of sp³-hybridized carbons (Fsp3) is 0.800. The Balaban J connectivity index is 2.37. The lowest BCUT2D eigenvalue weighted by atomic mass is 9.89. The lowest BCUT2D eigenvalue weighted by Crippen LogP contribution is -2.35. The number of hydrogen-bond acceptors (Lipinski definition) is 6. The number of rotatable bonds is 5. The highest BCUT2D eigenvalue weighted by Gasteiger charge is 2.34. The summed E-state index contributed by atoms with van der Waals surface area (Å²) in [6.07, 6.45) is -0.818. The first kappa shape index (κ1) is 12.8. The SMILES string of the molecule is CCC(C)(CO)C(=O)OCC1COC(=O)O1. The van der Waals surface area contributed by atoms with Crippen LogP contribution in [0.1, 0.15) is 20.3 Å². The largest absolute Gasteiger partial charge is 0.508 e. The van der Waals surface area contributed by atoms with Gasteiger partial charge in [0.15, 0.2) is 6.10 Å². The van der Waals surface area contributed by atoms with E-state index in [1.807, 2.05) is 0 Å². The van der Waals surface area contributed by atoms with E-state index in [0.717, 1.165) is 0 Å². The van der Waals surface area contributed by atoms with E-state index in [4.69, 9.17) is 14.6 Å². The lowest BCUT2D eigenvalue weighted by molar-refractivity contribution is -0.160. The monoisotopic (exact) mass is 232 g/mol. The molecule has 92 valence electrons. The van der Waals surface area contributed by atoms with Gasteiger partial charge in [-0.3, -0.25) is 4.79 Å². The van der Waals surface area contributed by atoms with Crippen LogP contribution in [0.3, 0.4) is 0 Å². The molecule has 0 aromatic carbocycles. The van der Waals surface area contributed by atoms with Crippen molar-refractivity contribution in [2.45, 2.75) is 26.4 Å². The molecule has 6 nitrogen and oxygen atoms in total. The summed E-state index contributed by atoms with van der Waals surface area (Å²) >= 11 is 0. The van der Waals surface area contributed by atoms with Crippen molar-refractivity contribution in [2.75, 3.05) is 19.8 Å². The minimum atomic E-state index is -0.899. The fourth-order valence-corrected chi connectivity index (χ4v) is 1.11. The Morgan fingerprint density at radius 2 is 2.38 bits per heavy atom. The van der Waals surface area contributed by atoms with Gasteiger partial charge in [0.2, 0.25) is 0 Å². The minimum absolute atomic E-state index is 0.0415. The number of ether oxygens (including phenoxy) is 3. The van der Waals surface area contributed by atoms with Crippen LogP contribution in [0.2, 0.25) is 0 Å². The van der Waals surface area contributed by atoms with Gasteiger partial charge in [-0.1, -0.05) is 6.92 Å². The molecule has 0 amide bonds. The van der Waals surface area contributed by atoms with E-state index < -0.39 is 23.6 Å². The van der Waals surface area contributed by atoms with E-state index in [0.29, 0.717) is 6.42 Å². The Hall–Kier alpha value is -1.30. The van der Waals surface area contributed by atoms with Crippen LogP contribution in [-0.2, 0) is 19.0 Å². The van der Waals surface area contributed by atoms with Crippen molar-refractivity contribution in [1.82, 2.24) is 0 Å². The van der Waals surface area contributed by atoms with Crippen LogP contribution in [0.4, 0.5) is 4.79 Å². The van der Waals surface area contributed by atoms with E-state index in [1.165, 1.54) is 0 Å². The van der Waals surface area contributed by atoms with Crippen LogP contribution < -0.4 is 0 Å². The van der Waals surface area contributed by atoms with Gasteiger partial charge in [0.25, 0.3) is 0 Å². The van der Waals surface area contributed by atoms with Gasteiger partial charge in [0, 0.05) is 0 Å². The summed E-state index contributed by atoms with van der Waals surface area (Å²) in [4.78, 5) is 22.2. The summed E-state index contributed by atoms with van der Waals surface area (Å²) in [7, 11) is 0. The van der Waals surface area contributed by atoms with Gasteiger partial charge in [-0.05, 0) is 13.3 Å². The molecular formula is C10H16O6. The molecule has 0 bridgehead atoms. The fourth-order valence-electron chi connectivity index (χ4n) is 1.11. The third kappa shape index (κ3) is 2.85. The van der Waals surface area contributed by atoms with Crippen LogP contribution in [0, 0.1) is 5.41 Å². The van der Waals surface area contributed by atoms with Gasteiger partial charge in [0.05, 0.1) is 12.0 Å². The van der Waals surface area contributed by atoms with Crippen LogP contribution in [-0.4, -0.2) is 43.2 Å². The molecule has 0 saturated carbocycles. The Labute approximate surface area is 93.5 Å². The number of aliphatic hydroxyl groups is 1. The first-order chi connectivity index (χ1) is 7.51. The van der Waals surface area contributed by atoms with E-state index in [-0.39, 0.29) is 19.8 Å². The van der Waals surface area contributed by atoms with E-state index in [2.05, 4.69) is 4.74 Å². The standard InChI is InChI=1S/C10H16O6/c1-3-10(2,6-11)8(12)14-4-7-5-15-9(13)16-7/h7,11H,3-6H2,1-2H3. The van der Waals surface area contributed by atoms with Crippen molar-refractivity contribution in [2.24, 2.45) is 5.41 Å². The lowest BCUT2D eigenvalue weighted by Gasteiger charge is -2.23. The maximum atomic E-state index is 11.6. The molecule has 2 atom stereocenters. The molecule has 0 aliphatic carbocycles. The van der Waals surface area contributed by atoms with Crippen molar-refractivity contribution in [3.05, 3.63) is 0 Å². The number of carbonyl (C=O) groups excluding carboxylic acids is 2. The van der Waals surface area contributed by atoms with Crippen LogP contribution in [0.5, 0.6) is 0 Å². The summed E-state index contributed by atoms with van der Waals surface area (Å²) in [5.74, 6) is -0.500. The van der Waals surface area contributed by atoms with Gasteiger partial charge in [-0.25, -0.2) is 4.79 Å². The van der Waals surface area contributed by atoms with Crippen molar-refractivity contribution in [3.8, 4) is 0 Å².